The lowest BCUT2D eigenvalue weighted by atomic mass is 9.94. The van der Waals surface area contributed by atoms with E-state index >= 15 is 0 Å². The van der Waals surface area contributed by atoms with Gasteiger partial charge in [-0.3, -0.25) is 14.5 Å². The Hall–Kier alpha value is -3.86. The van der Waals surface area contributed by atoms with Crippen molar-refractivity contribution in [2.24, 2.45) is 0 Å². The molecule has 0 saturated carbocycles. The number of aliphatic hydroxyl groups excluding tert-OH is 1. The Labute approximate surface area is 193 Å². The molecule has 1 atom stereocenters. The Morgan fingerprint density at radius 2 is 1.52 bits per heavy atom. The van der Waals surface area contributed by atoms with Crippen LogP contribution in [0, 0.1) is 0 Å². The molecule has 3 aromatic carbocycles. The number of Topliss-reactive ketones (excluding diaryl/α,β-unsaturated/α-hetero) is 1. The molecule has 1 saturated heterocycles. The highest BCUT2D eigenvalue weighted by Gasteiger charge is 2.47. The summed E-state index contributed by atoms with van der Waals surface area (Å²) in [6.07, 6.45) is 1.73. The molecule has 3 aromatic rings. The summed E-state index contributed by atoms with van der Waals surface area (Å²) < 4.78 is 5.38. The molecule has 1 amide bonds. The molecule has 1 aliphatic rings. The molecular weight excluding hydrogens is 414 g/mol. The van der Waals surface area contributed by atoms with Crippen LogP contribution in [0.5, 0.6) is 5.75 Å². The predicted molar refractivity (Wildman–Crippen MR) is 129 cm³/mol. The molecule has 5 nitrogen and oxygen atoms in total. The third-order valence-electron chi connectivity index (χ3n) is 6.11. The lowest BCUT2D eigenvalue weighted by Crippen LogP contribution is -2.29. The highest BCUT2D eigenvalue weighted by Crippen LogP contribution is 2.42. The van der Waals surface area contributed by atoms with Crippen molar-refractivity contribution in [1.82, 2.24) is 0 Å². The van der Waals surface area contributed by atoms with Crippen LogP contribution >= 0.6 is 0 Å². The molecule has 1 aliphatic heterocycles. The number of aryl methyl sites for hydroxylation is 2. The number of methoxy groups -OCH3 is 1. The second kappa shape index (κ2) is 9.33. The Morgan fingerprint density at radius 1 is 0.909 bits per heavy atom. The number of carbonyl (C=O) groups is 2. The summed E-state index contributed by atoms with van der Waals surface area (Å²) >= 11 is 0. The molecule has 1 unspecified atom stereocenters. The minimum atomic E-state index is -0.779. The van der Waals surface area contributed by atoms with Gasteiger partial charge < -0.3 is 9.84 Å². The van der Waals surface area contributed by atoms with Crippen LogP contribution in [0.3, 0.4) is 0 Å². The number of carbonyl (C=O) groups excluding carboxylic acids is 2. The number of hydrogen-bond acceptors (Lipinski definition) is 4. The van der Waals surface area contributed by atoms with Gasteiger partial charge in [0.1, 0.15) is 11.5 Å². The molecule has 1 heterocycles. The van der Waals surface area contributed by atoms with Crippen molar-refractivity contribution >= 4 is 23.1 Å². The SMILES string of the molecule is CCc1ccc(/C(O)=C2/C(=O)C(=O)N(c3ccc(CC)cc3)C2c2cccc(OC)c2)cc1. The molecular formula is C28H27NO4. The van der Waals surface area contributed by atoms with Crippen molar-refractivity contribution in [3.05, 3.63) is 101 Å². The average Bonchev–Trinajstić information content (AvgIpc) is 3.14. The van der Waals surface area contributed by atoms with Crippen molar-refractivity contribution in [3.8, 4) is 5.75 Å². The van der Waals surface area contributed by atoms with Crippen LogP contribution in [0.15, 0.2) is 78.4 Å². The number of anilines is 1. The Balaban J connectivity index is 1.91. The van der Waals surface area contributed by atoms with Crippen molar-refractivity contribution in [3.63, 3.8) is 0 Å². The first-order valence-electron chi connectivity index (χ1n) is 11.1. The summed E-state index contributed by atoms with van der Waals surface area (Å²) in [5, 5.41) is 11.2. The fourth-order valence-corrected chi connectivity index (χ4v) is 4.17. The summed E-state index contributed by atoms with van der Waals surface area (Å²) in [4.78, 5) is 28.0. The highest BCUT2D eigenvalue weighted by atomic mass is 16.5. The fraction of sp³-hybridized carbons (Fsp3) is 0.214. The van der Waals surface area contributed by atoms with E-state index < -0.39 is 17.7 Å². The average molecular weight is 442 g/mol. The molecule has 4 rings (SSSR count). The zero-order chi connectivity index (χ0) is 23.5. The van der Waals surface area contributed by atoms with Crippen LogP contribution < -0.4 is 9.64 Å². The summed E-state index contributed by atoms with van der Waals surface area (Å²) in [7, 11) is 1.56. The normalized spacial score (nSPS) is 17.4. The molecule has 1 N–H and O–H groups in total. The maximum Gasteiger partial charge on any atom is 0.300 e. The van der Waals surface area contributed by atoms with Crippen molar-refractivity contribution in [2.75, 3.05) is 12.0 Å². The summed E-state index contributed by atoms with van der Waals surface area (Å²) in [6, 6.07) is 21.4. The van der Waals surface area contributed by atoms with Crippen LogP contribution in [0.25, 0.3) is 5.76 Å². The van der Waals surface area contributed by atoms with Gasteiger partial charge in [-0.1, -0.05) is 62.4 Å². The number of hydrogen-bond donors (Lipinski definition) is 1. The third-order valence-corrected chi connectivity index (χ3v) is 6.11. The van der Waals surface area contributed by atoms with Crippen LogP contribution in [0.2, 0.25) is 0 Å². The zero-order valence-corrected chi connectivity index (χ0v) is 19.0. The quantitative estimate of drug-likeness (QED) is 0.314. The number of rotatable bonds is 6. The topological polar surface area (TPSA) is 66.8 Å². The van der Waals surface area contributed by atoms with Gasteiger partial charge in [-0.15, -0.1) is 0 Å². The third kappa shape index (κ3) is 4.14. The first kappa shape index (κ1) is 22.3. The van der Waals surface area contributed by atoms with E-state index in [4.69, 9.17) is 4.74 Å². The van der Waals surface area contributed by atoms with Gasteiger partial charge in [-0.2, -0.15) is 0 Å². The molecule has 0 aliphatic carbocycles. The molecule has 0 spiro atoms. The number of aliphatic hydroxyl groups is 1. The summed E-state index contributed by atoms with van der Waals surface area (Å²) in [5.74, 6) is -0.957. The lowest BCUT2D eigenvalue weighted by Gasteiger charge is -2.26. The largest absolute Gasteiger partial charge is 0.507 e. The van der Waals surface area contributed by atoms with E-state index in [1.165, 1.54) is 4.90 Å². The minimum Gasteiger partial charge on any atom is -0.507 e. The van der Waals surface area contributed by atoms with E-state index in [0.29, 0.717) is 22.6 Å². The molecule has 168 valence electrons. The van der Waals surface area contributed by atoms with Crippen LogP contribution in [-0.2, 0) is 22.4 Å². The smallest absolute Gasteiger partial charge is 0.300 e. The number of ether oxygens (including phenoxy) is 1. The second-order valence-corrected chi connectivity index (χ2v) is 8.02. The Morgan fingerprint density at radius 3 is 2.09 bits per heavy atom. The van der Waals surface area contributed by atoms with Crippen molar-refractivity contribution in [1.29, 1.82) is 0 Å². The summed E-state index contributed by atoms with van der Waals surface area (Å²) in [5.41, 5.74) is 4.09. The number of amides is 1. The van der Waals surface area contributed by atoms with Gasteiger partial charge >= 0.3 is 0 Å². The van der Waals surface area contributed by atoms with E-state index in [-0.39, 0.29) is 11.3 Å². The lowest BCUT2D eigenvalue weighted by molar-refractivity contribution is -0.132. The number of benzene rings is 3. The molecule has 0 aromatic heterocycles. The van der Waals surface area contributed by atoms with Gasteiger partial charge in [0.2, 0.25) is 0 Å². The van der Waals surface area contributed by atoms with Gasteiger partial charge in [0, 0.05) is 11.3 Å². The van der Waals surface area contributed by atoms with Gasteiger partial charge in [0.15, 0.2) is 0 Å². The highest BCUT2D eigenvalue weighted by molar-refractivity contribution is 6.51. The van der Waals surface area contributed by atoms with Crippen LogP contribution in [-0.4, -0.2) is 23.9 Å². The van der Waals surface area contributed by atoms with E-state index in [2.05, 4.69) is 6.92 Å². The van der Waals surface area contributed by atoms with Crippen molar-refractivity contribution < 1.29 is 19.4 Å². The first-order chi connectivity index (χ1) is 16.0. The monoisotopic (exact) mass is 441 g/mol. The first-order valence-corrected chi connectivity index (χ1v) is 11.1. The molecule has 33 heavy (non-hydrogen) atoms. The maximum atomic E-state index is 13.2. The second-order valence-electron chi connectivity index (χ2n) is 8.02. The molecule has 0 bridgehead atoms. The van der Waals surface area contributed by atoms with Crippen molar-refractivity contribution in [2.45, 2.75) is 32.7 Å². The number of ketones is 1. The molecule has 1 fully saturated rings. The van der Waals surface area contributed by atoms with E-state index in [0.717, 1.165) is 24.0 Å². The Bertz CT molecular complexity index is 1210. The van der Waals surface area contributed by atoms with Crippen LogP contribution in [0.1, 0.15) is 42.1 Å². The molecule has 5 heteroatoms. The van der Waals surface area contributed by atoms with E-state index in [9.17, 15) is 14.7 Å². The standard InChI is InChI=1S/C28H27NO4/c1-4-18-9-13-20(14-10-18)26(30)24-25(21-7-6-8-23(17-21)33-3)29(28(32)27(24)31)22-15-11-19(5-2)12-16-22/h6-17,25,30H,4-5H2,1-3H3/b26-24-. The molecule has 0 radical (unpaired) electrons. The predicted octanol–water partition coefficient (Wildman–Crippen LogP) is 5.45. The van der Waals surface area contributed by atoms with E-state index in [1.54, 1.807) is 31.4 Å². The fourth-order valence-electron chi connectivity index (χ4n) is 4.17. The van der Waals surface area contributed by atoms with Gasteiger partial charge in [-0.25, -0.2) is 0 Å². The van der Waals surface area contributed by atoms with Crippen LogP contribution in [0.4, 0.5) is 5.69 Å². The maximum absolute atomic E-state index is 13.2. The summed E-state index contributed by atoms with van der Waals surface area (Å²) in [6.45, 7) is 4.11. The van der Waals surface area contributed by atoms with Gasteiger partial charge in [0.05, 0.1) is 18.7 Å². The minimum absolute atomic E-state index is 0.0667. The van der Waals surface area contributed by atoms with Gasteiger partial charge in [-0.05, 0) is 53.8 Å². The van der Waals surface area contributed by atoms with Gasteiger partial charge in [0.25, 0.3) is 11.7 Å². The Kier molecular flexibility index (Phi) is 6.31. The van der Waals surface area contributed by atoms with E-state index in [1.807, 2.05) is 55.5 Å². The zero-order valence-electron chi connectivity index (χ0n) is 19.0. The number of nitrogens with zero attached hydrogens (tertiary/aromatic N) is 1.